The molecule has 0 atom stereocenters. The van der Waals surface area contributed by atoms with Crippen molar-refractivity contribution in [3.63, 3.8) is 0 Å². The van der Waals surface area contributed by atoms with E-state index >= 15 is 0 Å². The van der Waals surface area contributed by atoms with Crippen LogP contribution in [-0.2, 0) is 4.79 Å². The van der Waals surface area contributed by atoms with E-state index in [2.05, 4.69) is 19.6 Å². The summed E-state index contributed by atoms with van der Waals surface area (Å²) >= 11 is 0. The molecule has 0 rings (SSSR count). The zero-order chi connectivity index (χ0) is 9.99. The molecular weight excluding hydrogens is 164 g/mol. The van der Waals surface area contributed by atoms with Crippen LogP contribution in [0.2, 0.25) is 25.7 Å². The normalized spacial score (nSPS) is 13.2. The monoisotopic (exact) mass is 186 g/mol. The number of hydrogen-bond donors (Lipinski definition) is 0. The second-order valence-corrected chi connectivity index (χ2v) is 11.4. The molecule has 0 saturated carbocycles. The van der Waals surface area contributed by atoms with Crippen molar-refractivity contribution in [2.45, 2.75) is 52.9 Å². The minimum atomic E-state index is -1.02. The van der Waals surface area contributed by atoms with Crippen molar-refractivity contribution in [1.82, 2.24) is 0 Å². The molecule has 0 aromatic carbocycles. The van der Waals surface area contributed by atoms with Gasteiger partial charge in [0, 0.05) is 19.9 Å². The molecule has 0 unspecified atom stereocenters. The fourth-order valence-corrected chi connectivity index (χ4v) is 1.84. The van der Waals surface area contributed by atoms with Gasteiger partial charge in [0.25, 0.3) is 0 Å². The second kappa shape index (κ2) is 3.73. The van der Waals surface area contributed by atoms with Crippen LogP contribution < -0.4 is 0 Å². The van der Waals surface area contributed by atoms with Gasteiger partial charge in [-0.05, 0) is 0 Å². The summed E-state index contributed by atoms with van der Waals surface area (Å²) in [5.41, 5.74) is -0.139. The minimum absolute atomic E-state index is 0.139. The Bertz CT molecular complexity index is 160. The minimum Gasteiger partial charge on any atom is -0.299 e. The molecule has 0 aliphatic rings. The van der Waals surface area contributed by atoms with E-state index < -0.39 is 8.07 Å². The Balaban J connectivity index is 3.90. The Hall–Kier alpha value is -0.113. The summed E-state index contributed by atoms with van der Waals surface area (Å²) in [7, 11) is -1.02. The largest absolute Gasteiger partial charge is 0.299 e. The number of hydrogen-bond acceptors (Lipinski definition) is 1. The Morgan fingerprint density at radius 3 is 1.83 bits per heavy atom. The number of ketones is 1. The van der Waals surface area contributed by atoms with Gasteiger partial charge in [0.1, 0.15) is 5.78 Å². The van der Waals surface area contributed by atoms with Crippen LogP contribution in [0.1, 0.15) is 27.2 Å². The van der Waals surface area contributed by atoms with Gasteiger partial charge in [0.2, 0.25) is 0 Å². The first-order valence-electron chi connectivity index (χ1n) is 4.66. The first-order chi connectivity index (χ1) is 5.13. The highest BCUT2D eigenvalue weighted by Crippen LogP contribution is 2.21. The lowest BCUT2D eigenvalue weighted by Crippen LogP contribution is -2.25. The molecule has 0 N–H and O–H groups in total. The number of Topliss-reactive ketones (excluding diaryl/α,β-unsaturated/α-hetero) is 1. The van der Waals surface area contributed by atoms with Crippen LogP contribution in [0, 0.1) is 5.41 Å². The molecule has 0 aliphatic carbocycles. The molecule has 0 amide bonds. The molecule has 12 heavy (non-hydrogen) atoms. The van der Waals surface area contributed by atoms with E-state index in [4.69, 9.17) is 0 Å². The predicted octanol–water partition coefficient (Wildman–Crippen LogP) is 3.33. The Kier molecular flexibility index (Phi) is 3.70. The van der Waals surface area contributed by atoms with Crippen molar-refractivity contribution >= 4 is 13.9 Å². The summed E-state index contributed by atoms with van der Waals surface area (Å²) in [6.07, 6.45) is 0.777. The molecule has 0 aromatic heterocycles. The molecule has 0 aliphatic heterocycles. The summed E-state index contributed by atoms with van der Waals surface area (Å²) in [5, 5.41) is 0. The quantitative estimate of drug-likeness (QED) is 0.618. The molecule has 0 saturated heterocycles. The molecule has 0 heterocycles. The number of carbonyl (C=O) groups is 1. The van der Waals surface area contributed by atoms with Gasteiger partial charge in [-0.25, -0.2) is 0 Å². The van der Waals surface area contributed by atoms with Gasteiger partial charge in [-0.1, -0.05) is 46.5 Å². The van der Waals surface area contributed by atoms with Crippen LogP contribution in [-0.4, -0.2) is 13.9 Å². The van der Waals surface area contributed by atoms with Crippen LogP contribution in [0.4, 0.5) is 0 Å². The van der Waals surface area contributed by atoms with Crippen molar-refractivity contribution in [1.29, 1.82) is 0 Å². The summed E-state index contributed by atoms with van der Waals surface area (Å²) in [4.78, 5) is 11.5. The van der Waals surface area contributed by atoms with E-state index in [1.54, 1.807) is 0 Å². The van der Waals surface area contributed by atoms with Crippen molar-refractivity contribution in [3.05, 3.63) is 0 Å². The Labute approximate surface area is 77.6 Å². The van der Waals surface area contributed by atoms with Crippen LogP contribution in [0.3, 0.4) is 0 Å². The molecule has 0 radical (unpaired) electrons. The summed E-state index contributed by atoms with van der Waals surface area (Å²) in [6, 6.07) is 1.13. The fraction of sp³-hybridized carbons (Fsp3) is 0.900. The van der Waals surface area contributed by atoms with Gasteiger partial charge in [-0.2, -0.15) is 0 Å². The zero-order valence-corrected chi connectivity index (χ0v) is 10.3. The topological polar surface area (TPSA) is 17.1 Å². The van der Waals surface area contributed by atoms with Crippen molar-refractivity contribution in [2.75, 3.05) is 0 Å². The summed E-state index contributed by atoms with van der Waals surface area (Å²) in [5.74, 6) is 0.407. The molecule has 72 valence electrons. The lowest BCUT2D eigenvalue weighted by molar-refractivity contribution is -0.125. The van der Waals surface area contributed by atoms with Crippen LogP contribution in [0.15, 0.2) is 0 Å². The highest BCUT2D eigenvalue weighted by atomic mass is 28.3. The van der Waals surface area contributed by atoms with Gasteiger partial charge in [-0.15, -0.1) is 0 Å². The fourth-order valence-electron chi connectivity index (χ4n) is 0.864. The first kappa shape index (κ1) is 11.9. The zero-order valence-electron chi connectivity index (χ0n) is 9.32. The van der Waals surface area contributed by atoms with Crippen molar-refractivity contribution < 1.29 is 4.79 Å². The van der Waals surface area contributed by atoms with E-state index in [-0.39, 0.29) is 5.41 Å². The first-order valence-corrected chi connectivity index (χ1v) is 8.37. The Morgan fingerprint density at radius 1 is 1.17 bits per heavy atom. The maximum Gasteiger partial charge on any atom is 0.137 e. The van der Waals surface area contributed by atoms with Gasteiger partial charge < -0.3 is 0 Å². The number of rotatable bonds is 3. The van der Waals surface area contributed by atoms with Crippen LogP contribution in [0.25, 0.3) is 0 Å². The third kappa shape index (κ3) is 5.53. The van der Waals surface area contributed by atoms with E-state index in [9.17, 15) is 4.79 Å². The van der Waals surface area contributed by atoms with Crippen LogP contribution in [0.5, 0.6) is 0 Å². The summed E-state index contributed by atoms with van der Waals surface area (Å²) < 4.78 is 0. The van der Waals surface area contributed by atoms with Gasteiger partial charge in [-0.3, -0.25) is 4.79 Å². The summed E-state index contributed by atoms with van der Waals surface area (Å²) in [6.45, 7) is 12.9. The SMILES string of the molecule is CC(C)(C)C(=O)CC[Si](C)(C)C. The van der Waals surface area contributed by atoms with Crippen LogP contribution >= 0.6 is 0 Å². The maximum absolute atomic E-state index is 11.5. The van der Waals surface area contributed by atoms with E-state index in [0.717, 1.165) is 12.5 Å². The molecule has 1 nitrogen and oxygen atoms in total. The molecular formula is C10H22OSi. The highest BCUT2D eigenvalue weighted by molar-refractivity contribution is 6.76. The van der Waals surface area contributed by atoms with Crippen molar-refractivity contribution in [3.8, 4) is 0 Å². The maximum atomic E-state index is 11.5. The molecule has 2 heteroatoms. The molecule has 0 spiro atoms. The Morgan fingerprint density at radius 2 is 1.58 bits per heavy atom. The lowest BCUT2D eigenvalue weighted by Gasteiger charge is -2.20. The average molecular weight is 186 g/mol. The van der Waals surface area contributed by atoms with Gasteiger partial charge in [0.15, 0.2) is 0 Å². The highest BCUT2D eigenvalue weighted by Gasteiger charge is 2.23. The second-order valence-electron chi connectivity index (χ2n) is 5.73. The average Bonchev–Trinajstić information content (AvgIpc) is 1.78. The van der Waals surface area contributed by atoms with Gasteiger partial charge in [0.05, 0.1) is 0 Å². The predicted molar refractivity (Wildman–Crippen MR) is 57.2 cm³/mol. The molecule has 0 aromatic rings. The van der Waals surface area contributed by atoms with E-state index in [0.29, 0.717) is 5.78 Å². The van der Waals surface area contributed by atoms with Gasteiger partial charge >= 0.3 is 0 Å². The van der Waals surface area contributed by atoms with Crippen molar-refractivity contribution in [2.24, 2.45) is 5.41 Å². The lowest BCUT2D eigenvalue weighted by atomic mass is 9.89. The molecule has 0 fully saturated rings. The number of carbonyl (C=O) groups excluding carboxylic acids is 1. The molecule has 0 bridgehead atoms. The standard InChI is InChI=1S/C10H22OSi/c1-10(2,3)9(11)7-8-12(4,5)6/h7-8H2,1-6H3. The third-order valence-electron chi connectivity index (χ3n) is 1.94. The van der Waals surface area contributed by atoms with E-state index in [1.165, 1.54) is 0 Å². The third-order valence-corrected chi connectivity index (χ3v) is 3.69. The smallest absolute Gasteiger partial charge is 0.137 e. The van der Waals surface area contributed by atoms with E-state index in [1.807, 2.05) is 20.8 Å².